The van der Waals surface area contributed by atoms with E-state index in [4.69, 9.17) is 9.90 Å². The highest BCUT2D eigenvalue weighted by atomic mass is 16.3. The van der Waals surface area contributed by atoms with Crippen molar-refractivity contribution in [2.75, 3.05) is 0 Å². The zero-order valence-corrected chi connectivity index (χ0v) is 9.49. The standard InChI is InChI=1S/C11H18O.CH2O2/c1-8(12)10-7-11(2)5-3-9(10)4-6-11;2-1-3/h9,12H,3-7H2,1-2H3;1H,(H,2,3). The van der Waals surface area contributed by atoms with Crippen molar-refractivity contribution in [2.24, 2.45) is 11.3 Å². The van der Waals surface area contributed by atoms with Crippen molar-refractivity contribution in [3.05, 3.63) is 11.3 Å². The lowest BCUT2D eigenvalue weighted by atomic mass is 9.59. The molecule has 3 rings (SSSR count). The van der Waals surface area contributed by atoms with Gasteiger partial charge in [-0.1, -0.05) is 6.92 Å². The molecule has 3 saturated carbocycles. The van der Waals surface area contributed by atoms with E-state index in [2.05, 4.69) is 6.92 Å². The second-order valence-corrected chi connectivity index (χ2v) is 4.98. The summed E-state index contributed by atoms with van der Waals surface area (Å²) in [6.45, 7) is 3.96. The molecule has 3 nitrogen and oxygen atoms in total. The summed E-state index contributed by atoms with van der Waals surface area (Å²) in [7, 11) is 0. The van der Waals surface area contributed by atoms with Crippen LogP contribution >= 0.6 is 0 Å². The smallest absolute Gasteiger partial charge is 0.290 e. The number of fused-ring (bicyclic) bond motifs is 3. The van der Waals surface area contributed by atoms with Gasteiger partial charge in [-0.15, -0.1) is 0 Å². The third-order valence-electron chi connectivity index (χ3n) is 3.77. The zero-order valence-electron chi connectivity index (χ0n) is 9.49. The van der Waals surface area contributed by atoms with Gasteiger partial charge in [0.15, 0.2) is 0 Å². The molecule has 3 fully saturated rings. The second kappa shape index (κ2) is 4.69. The number of hydrogen-bond acceptors (Lipinski definition) is 2. The molecule has 0 atom stereocenters. The molecule has 0 aromatic rings. The van der Waals surface area contributed by atoms with E-state index in [0.29, 0.717) is 11.2 Å². The predicted molar refractivity (Wildman–Crippen MR) is 58.7 cm³/mol. The number of carboxylic acid groups (broad SMARTS) is 1. The number of carbonyl (C=O) groups is 1. The van der Waals surface area contributed by atoms with Crippen LogP contribution in [-0.4, -0.2) is 16.7 Å². The van der Waals surface area contributed by atoms with Gasteiger partial charge in [0, 0.05) is 0 Å². The summed E-state index contributed by atoms with van der Waals surface area (Å²) in [5, 5.41) is 16.4. The summed E-state index contributed by atoms with van der Waals surface area (Å²) >= 11 is 0. The molecular weight excluding hydrogens is 192 g/mol. The van der Waals surface area contributed by atoms with Gasteiger partial charge in [-0.05, 0) is 55.9 Å². The SMILES string of the molecule is CC(O)=C1CC2(C)CCC1CC2.O=CO. The van der Waals surface area contributed by atoms with Gasteiger partial charge in [-0.2, -0.15) is 0 Å². The Bertz CT molecular complexity index is 256. The first-order chi connectivity index (χ1) is 7.02. The maximum absolute atomic E-state index is 9.49. The van der Waals surface area contributed by atoms with E-state index >= 15 is 0 Å². The number of allylic oxidation sites excluding steroid dienone is 2. The van der Waals surface area contributed by atoms with Crippen molar-refractivity contribution in [3.63, 3.8) is 0 Å². The number of aliphatic hydroxyl groups is 1. The molecular formula is C12H20O3. The normalized spacial score (nSPS) is 36.5. The van der Waals surface area contributed by atoms with E-state index in [1.54, 1.807) is 0 Å². The second-order valence-electron chi connectivity index (χ2n) is 4.98. The van der Waals surface area contributed by atoms with Crippen LogP contribution < -0.4 is 0 Å². The first kappa shape index (κ1) is 12.1. The molecule has 3 aliphatic rings. The summed E-state index contributed by atoms with van der Waals surface area (Å²) in [6, 6.07) is 0. The average Bonchev–Trinajstić information content (AvgIpc) is 2.19. The number of hydrogen-bond donors (Lipinski definition) is 2. The van der Waals surface area contributed by atoms with Gasteiger partial charge in [0.25, 0.3) is 6.47 Å². The van der Waals surface area contributed by atoms with E-state index < -0.39 is 0 Å². The van der Waals surface area contributed by atoms with E-state index in [-0.39, 0.29) is 6.47 Å². The highest BCUT2D eigenvalue weighted by Gasteiger charge is 2.40. The fourth-order valence-corrected chi connectivity index (χ4v) is 2.87. The molecule has 0 aromatic carbocycles. The summed E-state index contributed by atoms with van der Waals surface area (Å²) in [6.07, 6.45) is 6.51. The van der Waals surface area contributed by atoms with Gasteiger partial charge in [0.1, 0.15) is 0 Å². The lowest BCUT2D eigenvalue weighted by Crippen LogP contribution is -2.33. The Morgan fingerprint density at radius 3 is 2.20 bits per heavy atom. The molecule has 0 radical (unpaired) electrons. The Morgan fingerprint density at radius 2 is 1.93 bits per heavy atom. The van der Waals surface area contributed by atoms with Crippen LogP contribution in [0.2, 0.25) is 0 Å². The van der Waals surface area contributed by atoms with Gasteiger partial charge in [-0.3, -0.25) is 4.79 Å². The van der Waals surface area contributed by atoms with E-state index in [0.717, 1.165) is 12.3 Å². The molecule has 0 saturated heterocycles. The van der Waals surface area contributed by atoms with Crippen molar-refractivity contribution < 1.29 is 15.0 Å². The van der Waals surface area contributed by atoms with Crippen LogP contribution in [0.4, 0.5) is 0 Å². The molecule has 0 aliphatic heterocycles. The van der Waals surface area contributed by atoms with Crippen LogP contribution in [0, 0.1) is 11.3 Å². The van der Waals surface area contributed by atoms with Crippen LogP contribution in [-0.2, 0) is 4.79 Å². The van der Waals surface area contributed by atoms with Crippen molar-refractivity contribution >= 4 is 6.47 Å². The minimum Gasteiger partial charge on any atom is -0.513 e. The number of rotatable bonds is 0. The topological polar surface area (TPSA) is 57.5 Å². The van der Waals surface area contributed by atoms with Crippen molar-refractivity contribution in [3.8, 4) is 0 Å². The van der Waals surface area contributed by atoms with E-state index in [1.165, 1.54) is 31.3 Å². The minimum absolute atomic E-state index is 0.250. The van der Waals surface area contributed by atoms with Crippen LogP contribution in [0.5, 0.6) is 0 Å². The third kappa shape index (κ3) is 2.74. The quantitative estimate of drug-likeness (QED) is 0.479. The highest BCUT2D eigenvalue weighted by molar-refractivity contribution is 5.32. The number of aliphatic hydroxyl groups excluding tert-OH is 1. The summed E-state index contributed by atoms with van der Waals surface area (Å²) in [4.78, 5) is 8.36. The lowest BCUT2D eigenvalue weighted by molar-refractivity contribution is -0.122. The van der Waals surface area contributed by atoms with Gasteiger partial charge < -0.3 is 10.2 Å². The van der Waals surface area contributed by atoms with Gasteiger partial charge in [0.05, 0.1) is 5.76 Å². The lowest BCUT2D eigenvalue weighted by Gasteiger charge is -2.46. The first-order valence-electron chi connectivity index (χ1n) is 5.49. The monoisotopic (exact) mass is 212 g/mol. The Balaban J connectivity index is 0.000000337. The average molecular weight is 212 g/mol. The zero-order chi connectivity index (χ0) is 11.5. The Labute approximate surface area is 90.8 Å². The van der Waals surface area contributed by atoms with Gasteiger partial charge in [-0.25, -0.2) is 0 Å². The molecule has 86 valence electrons. The first-order valence-corrected chi connectivity index (χ1v) is 5.49. The minimum atomic E-state index is -0.250. The largest absolute Gasteiger partial charge is 0.513 e. The molecule has 2 N–H and O–H groups in total. The molecule has 2 bridgehead atoms. The van der Waals surface area contributed by atoms with E-state index in [9.17, 15) is 5.11 Å². The molecule has 0 aromatic heterocycles. The molecule has 3 aliphatic carbocycles. The molecule has 0 heterocycles. The summed E-state index contributed by atoms with van der Waals surface area (Å²) < 4.78 is 0. The summed E-state index contributed by atoms with van der Waals surface area (Å²) in [5.74, 6) is 1.32. The predicted octanol–water partition coefficient (Wildman–Crippen LogP) is 3.12. The molecule has 0 amide bonds. The maximum atomic E-state index is 9.49. The fourth-order valence-electron chi connectivity index (χ4n) is 2.87. The summed E-state index contributed by atoms with van der Waals surface area (Å²) in [5.41, 5.74) is 1.88. The van der Waals surface area contributed by atoms with Crippen LogP contribution in [0.25, 0.3) is 0 Å². The van der Waals surface area contributed by atoms with Crippen molar-refractivity contribution in [2.45, 2.75) is 46.0 Å². The molecule has 3 heteroatoms. The Morgan fingerprint density at radius 1 is 1.47 bits per heavy atom. The Hall–Kier alpha value is -0.990. The van der Waals surface area contributed by atoms with Crippen molar-refractivity contribution in [1.82, 2.24) is 0 Å². The molecule has 15 heavy (non-hydrogen) atoms. The fraction of sp³-hybridized carbons (Fsp3) is 0.750. The maximum Gasteiger partial charge on any atom is 0.290 e. The molecule has 0 unspecified atom stereocenters. The Kier molecular flexibility index (Phi) is 3.77. The van der Waals surface area contributed by atoms with Crippen LogP contribution in [0.15, 0.2) is 11.3 Å². The van der Waals surface area contributed by atoms with Gasteiger partial charge >= 0.3 is 0 Å². The third-order valence-corrected chi connectivity index (χ3v) is 3.77. The highest BCUT2D eigenvalue weighted by Crippen LogP contribution is 2.52. The van der Waals surface area contributed by atoms with Crippen molar-refractivity contribution in [1.29, 1.82) is 0 Å². The van der Waals surface area contributed by atoms with Crippen LogP contribution in [0.1, 0.15) is 46.0 Å². The van der Waals surface area contributed by atoms with Crippen LogP contribution in [0.3, 0.4) is 0 Å². The van der Waals surface area contributed by atoms with Gasteiger partial charge in [0.2, 0.25) is 0 Å². The molecule has 0 spiro atoms. The van der Waals surface area contributed by atoms with E-state index in [1.807, 2.05) is 6.92 Å².